The van der Waals surface area contributed by atoms with Crippen molar-refractivity contribution in [2.24, 2.45) is 5.92 Å². The van der Waals surface area contributed by atoms with Gasteiger partial charge in [0.15, 0.2) is 6.61 Å². The number of aliphatic carboxylic acids is 1. The lowest BCUT2D eigenvalue weighted by atomic mass is 9.99. The first-order valence-corrected chi connectivity index (χ1v) is 7.06. The highest BCUT2D eigenvalue weighted by Gasteiger charge is 2.25. The van der Waals surface area contributed by atoms with Gasteiger partial charge in [-0.2, -0.15) is 0 Å². The number of rotatable bonds is 7. The van der Waals surface area contributed by atoms with Gasteiger partial charge >= 0.3 is 5.97 Å². The number of carbonyl (C=O) groups is 2. The van der Waals surface area contributed by atoms with Crippen molar-refractivity contribution in [1.82, 2.24) is 5.32 Å². The number of nitrogens with one attached hydrogen (secondary N) is 1. The topological polar surface area (TPSA) is 75.6 Å². The first kappa shape index (κ1) is 17.0. The summed E-state index contributed by atoms with van der Waals surface area (Å²) in [6.45, 7) is 7.39. The Balaban J connectivity index is 2.58. The third-order valence-electron chi connectivity index (χ3n) is 3.36. The molecule has 2 atom stereocenters. The van der Waals surface area contributed by atoms with Gasteiger partial charge in [-0.15, -0.1) is 0 Å². The summed E-state index contributed by atoms with van der Waals surface area (Å²) in [5.74, 6) is -0.975. The van der Waals surface area contributed by atoms with E-state index in [-0.39, 0.29) is 12.5 Å². The van der Waals surface area contributed by atoms with E-state index >= 15 is 0 Å². The molecule has 0 radical (unpaired) electrons. The van der Waals surface area contributed by atoms with Gasteiger partial charge in [0.05, 0.1) is 0 Å². The van der Waals surface area contributed by atoms with E-state index in [0.29, 0.717) is 12.2 Å². The summed E-state index contributed by atoms with van der Waals surface area (Å²) in [4.78, 5) is 23.0. The monoisotopic (exact) mass is 293 g/mol. The van der Waals surface area contributed by atoms with E-state index in [9.17, 15) is 9.59 Å². The van der Waals surface area contributed by atoms with Crippen LogP contribution < -0.4 is 10.1 Å². The normalized spacial score (nSPS) is 13.3. The second kappa shape index (κ2) is 7.67. The number of benzene rings is 1. The molecule has 21 heavy (non-hydrogen) atoms. The molecule has 0 saturated carbocycles. The molecular formula is C16H23NO4. The van der Waals surface area contributed by atoms with Crippen LogP contribution in [0.15, 0.2) is 18.2 Å². The van der Waals surface area contributed by atoms with Gasteiger partial charge in [0.1, 0.15) is 11.8 Å². The molecule has 0 spiro atoms. The molecule has 0 aliphatic heterocycles. The maximum Gasteiger partial charge on any atom is 0.326 e. The van der Waals surface area contributed by atoms with Crippen LogP contribution in [0.5, 0.6) is 5.75 Å². The third kappa shape index (κ3) is 5.45. The summed E-state index contributed by atoms with van der Waals surface area (Å²) in [5, 5.41) is 11.6. The van der Waals surface area contributed by atoms with E-state index in [1.165, 1.54) is 0 Å². The van der Waals surface area contributed by atoms with Crippen molar-refractivity contribution < 1.29 is 19.4 Å². The number of carbonyl (C=O) groups excluding carboxylic acids is 1. The number of carboxylic acids is 1. The molecule has 1 amide bonds. The molecule has 0 saturated heterocycles. The molecule has 1 rings (SSSR count). The second-order valence-electron chi connectivity index (χ2n) is 5.38. The average Bonchev–Trinajstić information content (AvgIpc) is 2.40. The fourth-order valence-corrected chi connectivity index (χ4v) is 2.06. The lowest BCUT2D eigenvalue weighted by Gasteiger charge is -2.20. The van der Waals surface area contributed by atoms with Crippen LogP contribution in [0.2, 0.25) is 0 Å². The molecule has 0 fully saturated rings. The first-order chi connectivity index (χ1) is 9.83. The van der Waals surface area contributed by atoms with Crippen LogP contribution in [-0.4, -0.2) is 29.6 Å². The molecule has 116 valence electrons. The predicted molar refractivity (Wildman–Crippen MR) is 80.4 cm³/mol. The van der Waals surface area contributed by atoms with Gasteiger partial charge < -0.3 is 15.2 Å². The number of hydrogen-bond donors (Lipinski definition) is 2. The fourth-order valence-electron chi connectivity index (χ4n) is 2.06. The number of hydrogen-bond acceptors (Lipinski definition) is 3. The zero-order valence-electron chi connectivity index (χ0n) is 13.0. The third-order valence-corrected chi connectivity index (χ3v) is 3.36. The van der Waals surface area contributed by atoms with Crippen LogP contribution in [0.25, 0.3) is 0 Å². The lowest BCUT2D eigenvalue weighted by Crippen LogP contribution is -2.46. The van der Waals surface area contributed by atoms with Crippen LogP contribution in [0.3, 0.4) is 0 Å². The molecule has 0 aliphatic carbocycles. The minimum absolute atomic E-state index is 0.132. The van der Waals surface area contributed by atoms with Crippen molar-refractivity contribution in [1.29, 1.82) is 0 Å². The second-order valence-corrected chi connectivity index (χ2v) is 5.38. The Hall–Kier alpha value is -2.04. The van der Waals surface area contributed by atoms with Gasteiger partial charge in [-0.05, 0) is 43.0 Å². The van der Waals surface area contributed by atoms with Crippen LogP contribution >= 0.6 is 0 Å². The standard InChI is InChI=1S/C16H23NO4/c1-5-12(4)15(16(19)20)17-14(18)9-21-13-7-10(2)6-11(3)8-13/h6-8,12,15H,5,9H2,1-4H3,(H,17,18)(H,19,20)/t12?,15-/m0/s1. The lowest BCUT2D eigenvalue weighted by molar-refractivity contribution is -0.143. The van der Waals surface area contributed by atoms with Gasteiger partial charge in [-0.3, -0.25) is 4.79 Å². The summed E-state index contributed by atoms with van der Waals surface area (Å²) < 4.78 is 5.42. The largest absolute Gasteiger partial charge is 0.484 e. The number of ether oxygens (including phenoxy) is 1. The van der Waals surface area contributed by atoms with Crippen molar-refractivity contribution in [3.05, 3.63) is 29.3 Å². The summed E-state index contributed by atoms with van der Waals surface area (Å²) in [6, 6.07) is 4.80. The van der Waals surface area contributed by atoms with Crippen molar-refractivity contribution in [2.75, 3.05) is 6.61 Å². The Kier molecular flexibility index (Phi) is 6.21. The van der Waals surface area contributed by atoms with E-state index in [0.717, 1.165) is 11.1 Å². The van der Waals surface area contributed by atoms with E-state index in [4.69, 9.17) is 9.84 Å². The first-order valence-electron chi connectivity index (χ1n) is 7.06. The van der Waals surface area contributed by atoms with E-state index in [1.807, 2.05) is 39.0 Å². The Morgan fingerprint density at radius 2 is 1.81 bits per heavy atom. The molecule has 0 bridgehead atoms. The van der Waals surface area contributed by atoms with Gasteiger partial charge in [0.2, 0.25) is 0 Å². The smallest absolute Gasteiger partial charge is 0.326 e. The summed E-state index contributed by atoms with van der Waals surface area (Å²) in [6.07, 6.45) is 0.676. The number of aryl methyl sites for hydroxylation is 2. The molecule has 5 nitrogen and oxygen atoms in total. The fraction of sp³-hybridized carbons (Fsp3) is 0.500. The quantitative estimate of drug-likeness (QED) is 0.809. The Labute approximate surface area is 125 Å². The van der Waals surface area contributed by atoms with Crippen molar-refractivity contribution >= 4 is 11.9 Å². The number of carboxylic acid groups (broad SMARTS) is 1. The van der Waals surface area contributed by atoms with Crippen LogP contribution in [0.4, 0.5) is 0 Å². The summed E-state index contributed by atoms with van der Waals surface area (Å²) >= 11 is 0. The Morgan fingerprint density at radius 3 is 2.29 bits per heavy atom. The summed E-state index contributed by atoms with van der Waals surface area (Å²) in [7, 11) is 0. The van der Waals surface area contributed by atoms with Gasteiger partial charge in [0.25, 0.3) is 5.91 Å². The molecule has 2 N–H and O–H groups in total. The van der Waals surface area contributed by atoms with E-state index in [2.05, 4.69) is 5.32 Å². The van der Waals surface area contributed by atoms with Gasteiger partial charge in [-0.25, -0.2) is 4.79 Å². The Bertz CT molecular complexity index is 493. The highest BCUT2D eigenvalue weighted by molar-refractivity contribution is 5.84. The van der Waals surface area contributed by atoms with Crippen molar-refractivity contribution in [3.8, 4) is 5.75 Å². The number of amides is 1. The SMILES string of the molecule is CCC(C)[C@H](NC(=O)COc1cc(C)cc(C)c1)C(=O)O. The zero-order valence-corrected chi connectivity index (χ0v) is 13.0. The minimum atomic E-state index is -1.02. The van der Waals surface area contributed by atoms with Crippen molar-refractivity contribution in [3.63, 3.8) is 0 Å². The molecule has 1 unspecified atom stereocenters. The molecule has 5 heteroatoms. The van der Waals surface area contributed by atoms with E-state index in [1.54, 1.807) is 6.92 Å². The van der Waals surface area contributed by atoms with Crippen molar-refractivity contribution in [2.45, 2.75) is 40.2 Å². The van der Waals surface area contributed by atoms with Gasteiger partial charge in [0, 0.05) is 0 Å². The molecule has 0 heterocycles. The predicted octanol–water partition coefficient (Wildman–Crippen LogP) is 2.30. The molecule has 0 aliphatic rings. The van der Waals surface area contributed by atoms with Crippen LogP contribution in [0.1, 0.15) is 31.4 Å². The van der Waals surface area contributed by atoms with Crippen LogP contribution in [0, 0.1) is 19.8 Å². The summed E-state index contributed by atoms with van der Waals surface area (Å²) in [5.41, 5.74) is 2.10. The zero-order chi connectivity index (χ0) is 16.0. The van der Waals surface area contributed by atoms with E-state index < -0.39 is 17.9 Å². The molecular weight excluding hydrogens is 270 g/mol. The highest BCUT2D eigenvalue weighted by atomic mass is 16.5. The minimum Gasteiger partial charge on any atom is -0.484 e. The maximum atomic E-state index is 11.8. The average molecular weight is 293 g/mol. The molecule has 1 aromatic carbocycles. The Morgan fingerprint density at radius 1 is 1.24 bits per heavy atom. The van der Waals surface area contributed by atoms with Gasteiger partial charge in [-0.1, -0.05) is 26.3 Å². The molecule has 1 aromatic rings. The molecule has 0 aromatic heterocycles. The maximum absolute atomic E-state index is 11.8. The van der Waals surface area contributed by atoms with Crippen LogP contribution in [-0.2, 0) is 9.59 Å². The highest BCUT2D eigenvalue weighted by Crippen LogP contribution is 2.16.